The summed E-state index contributed by atoms with van der Waals surface area (Å²) in [5, 5.41) is 0. The molecule has 0 saturated heterocycles. The predicted molar refractivity (Wildman–Crippen MR) is 136 cm³/mol. The van der Waals surface area contributed by atoms with Gasteiger partial charge in [-0.15, -0.1) is 0 Å². The van der Waals surface area contributed by atoms with Crippen molar-refractivity contribution in [3.05, 3.63) is 90.6 Å². The molecule has 1 aliphatic rings. The molecule has 0 saturated carbocycles. The average molecular weight is 493 g/mol. The van der Waals surface area contributed by atoms with Crippen molar-refractivity contribution in [2.24, 2.45) is 4.99 Å². The first-order valence-electron chi connectivity index (χ1n) is 11.4. The zero-order valence-electron chi connectivity index (χ0n) is 20.4. The van der Waals surface area contributed by atoms with Crippen LogP contribution in [0.2, 0.25) is 0 Å². The second-order valence-corrected chi connectivity index (χ2v) is 9.32. The largest absolute Gasteiger partial charge is 0.497 e. The highest BCUT2D eigenvalue weighted by atomic mass is 32.1. The van der Waals surface area contributed by atoms with Crippen LogP contribution in [0.15, 0.2) is 69.6 Å². The van der Waals surface area contributed by atoms with Crippen molar-refractivity contribution in [3.8, 4) is 11.5 Å². The van der Waals surface area contributed by atoms with E-state index >= 15 is 0 Å². The molecule has 0 fully saturated rings. The van der Waals surface area contributed by atoms with Crippen LogP contribution in [-0.2, 0) is 9.53 Å². The number of benzene rings is 2. The van der Waals surface area contributed by atoms with Gasteiger partial charge in [0.05, 0.1) is 41.7 Å². The Kier molecular flexibility index (Phi) is 7.21. The molecular weight excluding hydrogens is 464 g/mol. The van der Waals surface area contributed by atoms with Crippen LogP contribution in [0.3, 0.4) is 0 Å². The lowest BCUT2D eigenvalue weighted by atomic mass is 9.96. The highest BCUT2D eigenvalue weighted by Gasteiger charge is 2.33. The van der Waals surface area contributed by atoms with Crippen molar-refractivity contribution < 1.29 is 19.0 Å². The van der Waals surface area contributed by atoms with Gasteiger partial charge in [0.2, 0.25) is 0 Å². The van der Waals surface area contributed by atoms with E-state index in [9.17, 15) is 9.59 Å². The van der Waals surface area contributed by atoms with Crippen molar-refractivity contribution in [3.63, 3.8) is 0 Å². The average Bonchev–Trinajstić information content (AvgIpc) is 3.13. The summed E-state index contributed by atoms with van der Waals surface area (Å²) in [5.41, 5.74) is 2.31. The van der Waals surface area contributed by atoms with E-state index in [1.54, 1.807) is 32.4 Å². The summed E-state index contributed by atoms with van der Waals surface area (Å²) >= 11 is 1.29. The van der Waals surface area contributed by atoms with Crippen LogP contribution in [0, 0.1) is 0 Å². The van der Waals surface area contributed by atoms with E-state index in [4.69, 9.17) is 14.2 Å². The molecule has 1 unspecified atom stereocenters. The van der Waals surface area contributed by atoms with Crippen molar-refractivity contribution >= 4 is 23.4 Å². The Hall–Kier alpha value is -3.65. The molecule has 1 aromatic heterocycles. The maximum atomic E-state index is 13.6. The summed E-state index contributed by atoms with van der Waals surface area (Å²) in [7, 11) is 1.59. The normalized spacial score (nSPS) is 15.6. The minimum Gasteiger partial charge on any atom is -0.497 e. The molecule has 182 valence electrons. The van der Waals surface area contributed by atoms with Crippen LogP contribution in [0.4, 0.5) is 0 Å². The number of thiazole rings is 1. The number of allylic oxidation sites excluding steroid dienone is 1. The maximum absolute atomic E-state index is 13.6. The fraction of sp³-hybridized carbons (Fsp3) is 0.296. The molecule has 0 aliphatic carbocycles. The lowest BCUT2D eigenvalue weighted by Crippen LogP contribution is -2.40. The molecule has 2 aromatic carbocycles. The Morgan fingerprint density at radius 3 is 2.37 bits per heavy atom. The first-order valence-corrected chi connectivity index (χ1v) is 12.2. The van der Waals surface area contributed by atoms with E-state index in [2.05, 4.69) is 4.99 Å². The second kappa shape index (κ2) is 10.3. The Labute approximate surface area is 207 Å². The highest BCUT2D eigenvalue weighted by molar-refractivity contribution is 7.07. The summed E-state index contributed by atoms with van der Waals surface area (Å²) in [6.07, 6.45) is 1.53. The van der Waals surface area contributed by atoms with E-state index in [-0.39, 0.29) is 11.7 Å². The van der Waals surface area contributed by atoms with Crippen LogP contribution in [0.25, 0.3) is 6.08 Å². The number of aromatic nitrogens is 1. The zero-order chi connectivity index (χ0) is 25.1. The predicted octanol–water partition coefficient (Wildman–Crippen LogP) is 3.59. The molecule has 1 aliphatic heterocycles. The van der Waals surface area contributed by atoms with Crippen LogP contribution in [0.5, 0.6) is 11.5 Å². The number of carbonyl (C=O) groups is 1. The van der Waals surface area contributed by atoms with E-state index in [0.717, 1.165) is 16.9 Å². The third-order valence-corrected chi connectivity index (χ3v) is 6.49. The molecule has 35 heavy (non-hydrogen) atoms. The molecule has 2 heterocycles. The van der Waals surface area contributed by atoms with E-state index in [0.29, 0.717) is 33.0 Å². The number of hydrogen-bond acceptors (Lipinski definition) is 7. The number of nitrogens with zero attached hydrogens (tertiary/aromatic N) is 2. The topological polar surface area (TPSA) is 79.1 Å². The van der Waals surface area contributed by atoms with Crippen LogP contribution in [-0.4, -0.2) is 30.4 Å². The van der Waals surface area contributed by atoms with Crippen molar-refractivity contribution in [2.45, 2.75) is 39.8 Å². The van der Waals surface area contributed by atoms with Crippen LogP contribution in [0.1, 0.15) is 44.9 Å². The van der Waals surface area contributed by atoms with E-state index in [1.807, 2.05) is 61.5 Å². The zero-order valence-corrected chi connectivity index (χ0v) is 21.2. The van der Waals surface area contributed by atoms with Crippen molar-refractivity contribution in [2.75, 3.05) is 13.7 Å². The van der Waals surface area contributed by atoms with Crippen molar-refractivity contribution in [1.82, 2.24) is 4.57 Å². The number of fused-ring (bicyclic) bond motifs is 1. The van der Waals surface area contributed by atoms with E-state index in [1.165, 1.54) is 11.3 Å². The summed E-state index contributed by atoms with van der Waals surface area (Å²) in [4.78, 5) is 31.9. The third kappa shape index (κ3) is 5.07. The van der Waals surface area contributed by atoms with Gasteiger partial charge in [-0.1, -0.05) is 35.6 Å². The third-order valence-electron chi connectivity index (χ3n) is 5.50. The standard InChI is InChI=1S/C27H28N2O5S/c1-6-33-21-11-7-18(8-12-21)15-22-25(30)29-24(19-9-13-20(32-5)14-10-19)23(26(31)34-16(2)3)17(4)28-27(29)35-22/h7-16,24H,6H2,1-5H3. The first-order chi connectivity index (χ1) is 16.8. The molecule has 0 amide bonds. The molecule has 1 atom stereocenters. The molecule has 0 spiro atoms. The summed E-state index contributed by atoms with van der Waals surface area (Å²) < 4.78 is 18.4. The smallest absolute Gasteiger partial charge is 0.338 e. The molecule has 0 radical (unpaired) electrons. The van der Waals surface area contributed by atoms with Gasteiger partial charge in [0.1, 0.15) is 11.5 Å². The van der Waals surface area contributed by atoms with Gasteiger partial charge in [-0.25, -0.2) is 9.79 Å². The van der Waals surface area contributed by atoms with Crippen LogP contribution >= 0.6 is 11.3 Å². The van der Waals surface area contributed by atoms with Gasteiger partial charge in [0, 0.05) is 0 Å². The number of carbonyl (C=O) groups excluding carboxylic acids is 1. The first kappa shape index (κ1) is 24.5. The SMILES string of the molecule is CCOc1ccc(C=c2sc3n(c2=O)C(c2ccc(OC)cc2)C(C(=O)OC(C)C)=C(C)N=3)cc1. The molecule has 4 rings (SSSR count). The van der Waals surface area contributed by atoms with Gasteiger partial charge >= 0.3 is 5.97 Å². The van der Waals surface area contributed by atoms with E-state index < -0.39 is 12.0 Å². The quantitative estimate of drug-likeness (QED) is 0.471. The molecule has 0 N–H and O–H groups in total. The number of ether oxygens (including phenoxy) is 3. The number of hydrogen-bond donors (Lipinski definition) is 0. The molecule has 7 nitrogen and oxygen atoms in total. The summed E-state index contributed by atoms with van der Waals surface area (Å²) in [6.45, 7) is 7.88. The lowest BCUT2D eigenvalue weighted by Gasteiger charge is -2.25. The number of methoxy groups -OCH3 is 1. The number of esters is 1. The fourth-order valence-corrected chi connectivity index (χ4v) is 4.99. The summed E-state index contributed by atoms with van der Waals surface area (Å²) in [6, 6.07) is 14.2. The Balaban J connectivity index is 1.87. The van der Waals surface area contributed by atoms with Gasteiger partial charge in [-0.2, -0.15) is 0 Å². The van der Waals surface area contributed by atoms with Gasteiger partial charge in [-0.05, 0) is 69.2 Å². The second-order valence-electron chi connectivity index (χ2n) is 8.31. The molecule has 8 heteroatoms. The maximum Gasteiger partial charge on any atom is 0.338 e. The minimum atomic E-state index is -0.661. The van der Waals surface area contributed by atoms with Crippen molar-refractivity contribution in [1.29, 1.82) is 0 Å². The van der Waals surface area contributed by atoms with Gasteiger partial charge < -0.3 is 14.2 Å². The Bertz CT molecular complexity index is 1430. The van der Waals surface area contributed by atoms with Gasteiger partial charge in [0.25, 0.3) is 5.56 Å². The molecular formula is C27H28N2O5S. The Morgan fingerprint density at radius 2 is 1.77 bits per heavy atom. The number of rotatable bonds is 7. The Morgan fingerprint density at radius 1 is 1.11 bits per heavy atom. The summed E-state index contributed by atoms with van der Waals surface area (Å²) in [5.74, 6) is 0.973. The van der Waals surface area contributed by atoms with Gasteiger partial charge in [0.15, 0.2) is 4.80 Å². The highest BCUT2D eigenvalue weighted by Crippen LogP contribution is 2.31. The fourth-order valence-electron chi connectivity index (χ4n) is 3.94. The molecule has 3 aromatic rings. The van der Waals surface area contributed by atoms with Crippen LogP contribution < -0.4 is 24.4 Å². The minimum absolute atomic E-state index is 0.217. The monoisotopic (exact) mass is 492 g/mol. The molecule has 0 bridgehead atoms. The lowest BCUT2D eigenvalue weighted by molar-refractivity contribution is -0.143. The van der Waals surface area contributed by atoms with Gasteiger partial charge in [-0.3, -0.25) is 9.36 Å².